The van der Waals surface area contributed by atoms with Crippen LogP contribution in [0.4, 0.5) is 0 Å². The second-order valence-corrected chi connectivity index (χ2v) is 10.9. The van der Waals surface area contributed by atoms with Gasteiger partial charge in [-0.15, -0.1) is 0 Å². The SMILES string of the molecule is CCCCc1ccc(C(=O)O)c(C(=O)O)c1CCCC.CCCCc1ccc(C(=O)O)c(C(=O)O)c1CCCC.OCCOCCO. The van der Waals surface area contributed by atoms with Crippen molar-refractivity contribution in [1.82, 2.24) is 0 Å². The lowest BCUT2D eigenvalue weighted by Gasteiger charge is -2.14. The number of aromatic carboxylic acids is 4. The van der Waals surface area contributed by atoms with E-state index in [9.17, 15) is 29.4 Å². The van der Waals surface area contributed by atoms with Crippen molar-refractivity contribution in [2.75, 3.05) is 26.4 Å². The Hall–Kier alpha value is -3.80. The molecule has 264 valence electrons. The number of benzene rings is 2. The molecule has 0 aliphatic carbocycles. The van der Waals surface area contributed by atoms with Gasteiger partial charge in [-0.3, -0.25) is 0 Å². The summed E-state index contributed by atoms with van der Waals surface area (Å²) in [6, 6.07) is 6.39. The van der Waals surface area contributed by atoms with Gasteiger partial charge in [0, 0.05) is 0 Å². The summed E-state index contributed by atoms with van der Waals surface area (Å²) in [5.41, 5.74) is 3.08. The lowest BCUT2D eigenvalue weighted by molar-refractivity contribution is 0.0650. The molecule has 2 aromatic carbocycles. The Balaban J connectivity index is 0.000000750. The van der Waals surface area contributed by atoms with Crippen molar-refractivity contribution in [2.45, 2.75) is 105 Å². The van der Waals surface area contributed by atoms with Crippen LogP contribution in [0.15, 0.2) is 24.3 Å². The van der Waals surface area contributed by atoms with E-state index in [1.807, 2.05) is 13.8 Å². The van der Waals surface area contributed by atoms with E-state index in [-0.39, 0.29) is 35.5 Å². The summed E-state index contributed by atoms with van der Waals surface area (Å²) in [6.07, 6.45) is 10.5. The number of hydrogen-bond acceptors (Lipinski definition) is 7. The van der Waals surface area contributed by atoms with Gasteiger partial charge in [-0.2, -0.15) is 0 Å². The number of aliphatic hydroxyl groups excluding tert-OH is 2. The van der Waals surface area contributed by atoms with Crippen LogP contribution in [0.2, 0.25) is 0 Å². The first-order valence-electron chi connectivity index (χ1n) is 16.5. The molecule has 0 spiro atoms. The maximum atomic E-state index is 11.5. The van der Waals surface area contributed by atoms with Crippen LogP contribution in [-0.2, 0) is 30.4 Å². The zero-order valence-electron chi connectivity index (χ0n) is 28.3. The van der Waals surface area contributed by atoms with E-state index in [2.05, 4.69) is 18.6 Å². The third-order valence-electron chi connectivity index (χ3n) is 7.34. The maximum Gasteiger partial charge on any atom is 0.336 e. The minimum absolute atomic E-state index is 0.0278. The average molecular weight is 663 g/mol. The van der Waals surface area contributed by atoms with Crippen LogP contribution in [-0.4, -0.2) is 80.9 Å². The molecule has 0 saturated carbocycles. The first-order chi connectivity index (χ1) is 22.5. The van der Waals surface area contributed by atoms with Gasteiger partial charge in [0.25, 0.3) is 0 Å². The number of carboxylic acids is 4. The molecule has 0 atom stereocenters. The highest BCUT2D eigenvalue weighted by Crippen LogP contribution is 2.25. The lowest BCUT2D eigenvalue weighted by Crippen LogP contribution is -2.14. The first kappa shape index (κ1) is 43.2. The molecule has 0 aliphatic heterocycles. The Morgan fingerprint density at radius 2 is 0.830 bits per heavy atom. The van der Waals surface area contributed by atoms with Crippen LogP contribution < -0.4 is 0 Å². The van der Waals surface area contributed by atoms with Gasteiger partial charge in [0.1, 0.15) is 0 Å². The van der Waals surface area contributed by atoms with E-state index < -0.39 is 23.9 Å². The standard InChI is InChI=1S/2C16H22O4.C4H10O3/c2*1-3-5-7-11-9-10-13(15(17)18)14(16(19)20)12(11)8-6-4-2;5-1-3-7-4-2-6/h2*9-10H,3-8H2,1-2H3,(H,17,18)(H,19,20);5-6H,1-4H2. The van der Waals surface area contributed by atoms with Gasteiger partial charge >= 0.3 is 23.9 Å². The molecule has 0 fully saturated rings. The highest BCUT2D eigenvalue weighted by molar-refractivity contribution is 6.03. The second kappa shape index (κ2) is 25.3. The smallest absolute Gasteiger partial charge is 0.336 e. The zero-order chi connectivity index (χ0) is 35.8. The van der Waals surface area contributed by atoms with E-state index in [4.69, 9.17) is 20.4 Å². The third-order valence-corrected chi connectivity index (χ3v) is 7.34. The monoisotopic (exact) mass is 662 g/mol. The lowest BCUT2D eigenvalue weighted by atomic mass is 9.90. The van der Waals surface area contributed by atoms with E-state index in [1.54, 1.807) is 12.1 Å². The van der Waals surface area contributed by atoms with E-state index >= 15 is 0 Å². The molecule has 0 bridgehead atoms. The van der Waals surface area contributed by atoms with E-state index in [0.717, 1.165) is 75.3 Å². The molecule has 0 aliphatic rings. The molecule has 0 heterocycles. The number of aryl methyl sites for hydroxylation is 2. The highest BCUT2D eigenvalue weighted by atomic mass is 16.5. The van der Waals surface area contributed by atoms with Crippen molar-refractivity contribution in [3.8, 4) is 0 Å². The first-order valence-corrected chi connectivity index (χ1v) is 16.5. The molecule has 0 saturated heterocycles. The topological polar surface area (TPSA) is 199 Å². The molecule has 2 aromatic rings. The molecule has 0 aromatic heterocycles. The van der Waals surface area contributed by atoms with Crippen LogP contribution in [0.3, 0.4) is 0 Å². The van der Waals surface area contributed by atoms with Gasteiger partial charge in [0.05, 0.1) is 48.7 Å². The number of unbranched alkanes of at least 4 members (excludes halogenated alkanes) is 4. The van der Waals surface area contributed by atoms with Crippen LogP contribution in [0.25, 0.3) is 0 Å². The molecule has 0 unspecified atom stereocenters. The minimum atomic E-state index is -1.18. The molecular weight excluding hydrogens is 608 g/mol. The van der Waals surface area contributed by atoms with Gasteiger partial charge in [0.15, 0.2) is 0 Å². The van der Waals surface area contributed by atoms with Gasteiger partial charge in [0.2, 0.25) is 0 Å². The van der Waals surface area contributed by atoms with Crippen LogP contribution in [0.5, 0.6) is 0 Å². The molecule has 6 N–H and O–H groups in total. The van der Waals surface area contributed by atoms with Crippen molar-refractivity contribution in [2.24, 2.45) is 0 Å². The Morgan fingerprint density at radius 3 is 1.09 bits per heavy atom. The van der Waals surface area contributed by atoms with Crippen molar-refractivity contribution in [3.05, 3.63) is 68.8 Å². The molecule has 2 rings (SSSR count). The third kappa shape index (κ3) is 15.6. The number of ether oxygens (including phenoxy) is 1. The molecule has 0 radical (unpaired) electrons. The summed E-state index contributed by atoms with van der Waals surface area (Å²) in [4.78, 5) is 45.4. The predicted octanol–water partition coefficient (Wildman–Crippen LogP) is 6.52. The van der Waals surface area contributed by atoms with Crippen molar-refractivity contribution in [3.63, 3.8) is 0 Å². The normalized spacial score (nSPS) is 10.3. The molecule has 11 heteroatoms. The molecule has 47 heavy (non-hydrogen) atoms. The molecule has 11 nitrogen and oxygen atoms in total. The van der Waals surface area contributed by atoms with Gasteiger partial charge < -0.3 is 35.4 Å². The van der Waals surface area contributed by atoms with Gasteiger partial charge in [-0.25, -0.2) is 19.2 Å². The Morgan fingerprint density at radius 1 is 0.511 bits per heavy atom. The van der Waals surface area contributed by atoms with E-state index in [0.29, 0.717) is 37.2 Å². The maximum absolute atomic E-state index is 11.5. The minimum Gasteiger partial charge on any atom is -0.478 e. The number of carboxylic acid groups (broad SMARTS) is 4. The number of carbonyl (C=O) groups is 4. The summed E-state index contributed by atoms with van der Waals surface area (Å²) < 4.78 is 4.63. The van der Waals surface area contributed by atoms with Crippen molar-refractivity contribution >= 4 is 23.9 Å². The quantitative estimate of drug-likeness (QED) is 0.0843. The zero-order valence-corrected chi connectivity index (χ0v) is 28.3. The summed E-state index contributed by atoms with van der Waals surface area (Å²) in [7, 11) is 0. The summed E-state index contributed by atoms with van der Waals surface area (Å²) in [5, 5.41) is 53.3. The number of hydrogen-bond donors (Lipinski definition) is 6. The fourth-order valence-corrected chi connectivity index (χ4v) is 4.94. The fourth-order valence-electron chi connectivity index (χ4n) is 4.94. The second-order valence-electron chi connectivity index (χ2n) is 10.9. The van der Waals surface area contributed by atoms with Crippen molar-refractivity contribution < 1.29 is 54.6 Å². The van der Waals surface area contributed by atoms with E-state index in [1.165, 1.54) is 12.1 Å². The van der Waals surface area contributed by atoms with Gasteiger partial charge in [-0.05, 0) is 85.8 Å². The van der Waals surface area contributed by atoms with Crippen LogP contribution in [0, 0.1) is 0 Å². The number of rotatable bonds is 20. The summed E-state index contributed by atoms with van der Waals surface area (Å²) >= 11 is 0. The Kier molecular flexibility index (Phi) is 23.3. The molecular formula is C36H54O11. The largest absolute Gasteiger partial charge is 0.478 e. The predicted molar refractivity (Wildman–Crippen MR) is 180 cm³/mol. The van der Waals surface area contributed by atoms with Crippen LogP contribution in [0.1, 0.15) is 143 Å². The van der Waals surface area contributed by atoms with Crippen LogP contribution >= 0.6 is 0 Å². The van der Waals surface area contributed by atoms with Gasteiger partial charge in [-0.1, -0.05) is 65.5 Å². The average Bonchev–Trinajstić information content (AvgIpc) is 3.04. The van der Waals surface area contributed by atoms with Crippen molar-refractivity contribution in [1.29, 1.82) is 0 Å². The summed E-state index contributed by atoms with van der Waals surface area (Å²) in [5.74, 6) is -4.65. The Bertz CT molecular complexity index is 1160. The number of aliphatic hydroxyl groups is 2. The highest BCUT2D eigenvalue weighted by Gasteiger charge is 2.23. The fraction of sp³-hybridized carbons (Fsp3) is 0.556. The Labute approximate surface area is 278 Å². The molecule has 0 amide bonds. The summed E-state index contributed by atoms with van der Waals surface area (Å²) in [6.45, 7) is 8.92.